The van der Waals surface area contributed by atoms with E-state index in [1.807, 2.05) is 41.1 Å². The SMILES string of the molecule is CC[C@H](c1nnnn1CCc1ccccc1)N(Cc1cccs1)Cc1cc2cc(OC)c(OC)cc2[nH]c1=O. The van der Waals surface area contributed by atoms with Gasteiger partial charge in [0.05, 0.1) is 25.8 Å². The maximum atomic E-state index is 13.3. The van der Waals surface area contributed by atoms with Crippen molar-refractivity contribution in [1.29, 1.82) is 0 Å². The summed E-state index contributed by atoms with van der Waals surface area (Å²) in [5.41, 5.74) is 2.46. The van der Waals surface area contributed by atoms with Crippen molar-refractivity contribution in [2.45, 2.75) is 45.4 Å². The van der Waals surface area contributed by atoms with Gasteiger partial charge in [-0.15, -0.1) is 16.4 Å². The fourth-order valence-corrected chi connectivity index (χ4v) is 5.62. The highest BCUT2D eigenvalue weighted by Crippen LogP contribution is 2.32. The van der Waals surface area contributed by atoms with Crippen LogP contribution in [0.15, 0.2) is 70.8 Å². The molecular formula is C29H32N6O3S. The van der Waals surface area contributed by atoms with Crippen molar-refractivity contribution in [2.75, 3.05) is 14.2 Å². The van der Waals surface area contributed by atoms with Crippen LogP contribution in [0.4, 0.5) is 0 Å². The number of rotatable bonds is 12. The van der Waals surface area contributed by atoms with E-state index in [0.29, 0.717) is 42.2 Å². The van der Waals surface area contributed by atoms with Crippen LogP contribution < -0.4 is 15.0 Å². The van der Waals surface area contributed by atoms with Crippen LogP contribution in [0.2, 0.25) is 0 Å². The Kier molecular flexibility index (Phi) is 8.33. The first kappa shape index (κ1) is 26.6. The Morgan fingerprint density at radius 2 is 1.82 bits per heavy atom. The molecule has 5 rings (SSSR count). The number of benzene rings is 2. The number of thiophene rings is 1. The summed E-state index contributed by atoms with van der Waals surface area (Å²) >= 11 is 1.70. The molecule has 0 fully saturated rings. The van der Waals surface area contributed by atoms with Gasteiger partial charge in [-0.3, -0.25) is 9.69 Å². The number of fused-ring (bicyclic) bond motifs is 1. The number of nitrogens with one attached hydrogen (secondary N) is 1. The molecular weight excluding hydrogens is 512 g/mol. The summed E-state index contributed by atoms with van der Waals surface area (Å²) in [7, 11) is 3.18. The minimum absolute atomic E-state index is 0.0848. The van der Waals surface area contributed by atoms with Gasteiger partial charge >= 0.3 is 0 Å². The smallest absolute Gasteiger partial charge is 0.252 e. The van der Waals surface area contributed by atoms with Gasteiger partial charge in [-0.2, -0.15) is 0 Å². The zero-order valence-electron chi connectivity index (χ0n) is 22.3. The van der Waals surface area contributed by atoms with Gasteiger partial charge in [-0.05, 0) is 52.4 Å². The number of H-pyrrole nitrogens is 1. The lowest BCUT2D eigenvalue weighted by Gasteiger charge is -2.30. The molecule has 9 nitrogen and oxygen atoms in total. The number of ether oxygens (including phenoxy) is 2. The predicted molar refractivity (Wildman–Crippen MR) is 152 cm³/mol. The molecule has 0 aliphatic heterocycles. The van der Waals surface area contributed by atoms with Crippen molar-refractivity contribution in [3.63, 3.8) is 0 Å². The van der Waals surface area contributed by atoms with Crippen molar-refractivity contribution in [1.82, 2.24) is 30.1 Å². The van der Waals surface area contributed by atoms with E-state index < -0.39 is 0 Å². The predicted octanol–water partition coefficient (Wildman–Crippen LogP) is 4.99. The second-order valence-corrected chi connectivity index (χ2v) is 10.4. The fraction of sp³-hybridized carbons (Fsp3) is 0.310. The molecule has 0 saturated carbocycles. The van der Waals surface area contributed by atoms with Gasteiger partial charge in [-0.25, -0.2) is 4.68 Å². The largest absolute Gasteiger partial charge is 0.493 e. The van der Waals surface area contributed by atoms with E-state index in [1.54, 1.807) is 31.6 Å². The van der Waals surface area contributed by atoms with E-state index in [9.17, 15) is 4.79 Å². The van der Waals surface area contributed by atoms with Crippen molar-refractivity contribution in [3.8, 4) is 11.5 Å². The maximum absolute atomic E-state index is 13.3. The highest BCUT2D eigenvalue weighted by molar-refractivity contribution is 7.09. The van der Waals surface area contributed by atoms with Crippen LogP contribution in [0.5, 0.6) is 11.5 Å². The number of hydrogen-bond acceptors (Lipinski definition) is 8. The first-order chi connectivity index (χ1) is 19.1. The molecule has 2 aromatic carbocycles. The van der Waals surface area contributed by atoms with E-state index in [0.717, 1.165) is 24.1 Å². The lowest BCUT2D eigenvalue weighted by Crippen LogP contribution is -2.32. The first-order valence-corrected chi connectivity index (χ1v) is 13.8. The summed E-state index contributed by atoms with van der Waals surface area (Å²) in [6, 6.07) is 20.0. The summed E-state index contributed by atoms with van der Waals surface area (Å²) in [5, 5.41) is 15.7. The normalized spacial score (nSPS) is 12.2. The average Bonchev–Trinajstić information content (AvgIpc) is 3.65. The molecule has 10 heteroatoms. The third-order valence-corrected chi connectivity index (χ3v) is 7.74. The number of aromatic nitrogens is 5. The zero-order valence-corrected chi connectivity index (χ0v) is 23.1. The van der Waals surface area contributed by atoms with E-state index in [-0.39, 0.29) is 11.6 Å². The summed E-state index contributed by atoms with van der Waals surface area (Å²) in [6.45, 7) is 3.91. The molecule has 0 aliphatic rings. The van der Waals surface area contributed by atoms with Gasteiger partial charge in [0.15, 0.2) is 17.3 Å². The molecule has 0 bridgehead atoms. The van der Waals surface area contributed by atoms with Gasteiger partial charge in [0.1, 0.15) is 0 Å². The highest BCUT2D eigenvalue weighted by atomic mass is 32.1. The van der Waals surface area contributed by atoms with Crippen LogP contribution in [0.25, 0.3) is 10.9 Å². The second kappa shape index (κ2) is 12.2. The summed E-state index contributed by atoms with van der Waals surface area (Å²) in [4.78, 5) is 19.8. The number of aryl methyl sites for hydroxylation is 2. The number of pyridine rings is 1. The third kappa shape index (κ3) is 6.02. The van der Waals surface area contributed by atoms with E-state index in [2.05, 4.69) is 55.9 Å². The van der Waals surface area contributed by atoms with Gasteiger partial charge in [-0.1, -0.05) is 43.3 Å². The topological polar surface area (TPSA) is 98.2 Å². The van der Waals surface area contributed by atoms with Gasteiger partial charge < -0.3 is 14.5 Å². The van der Waals surface area contributed by atoms with Crippen molar-refractivity contribution in [3.05, 3.63) is 98.2 Å². The van der Waals surface area contributed by atoms with E-state index in [4.69, 9.17) is 9.47 Å². The highest BCUT2D eigenvalue weighted by Gasteiger charge is 2.26. The maximum Gasteiger partial charge on any atom is 0.252 e. The Labute approximate surface area is 231 Å². The molecule has 0 amide bonds. The summed E-state index contributed by atoms with van der Waals surface area (Å²) in [6.07, 6.45) is 1.61. The minimum Gasteiger partial charge on any atom is -0.493 e. The molecule has 39 heavy (non-hydrogen) atoms. The van der Waals surface area contributed by atoms with E-state index in [1.165, 1.54) is 10.4 Å². The third-order valence-electron chi connectivity index (χ3n) is 6.88. The van der Waals surface area contributed by atoms with E-state index >= 15 is 0 Å². The monoisotopic (exact) mass is 544 g/mol. The Bertz CT molecular complexity index is 1570. The Morgan fingerprint density at radius 1 is 1.03 bits per heavy atom. The molecule has 3 aromatic heterocycles. The molecule has 0 saturated heterocycles. The molecule has 0 radical (unpaired) electrons. The minimum atomic E-state index is -0.135. The quantitative estimate of drug-likeness (QED) is 0.236. The summed E-state index contributed by atoms with van der Waals surface area (Å²) < 4.78 is 12.8. The van der Waals surface area contributed by atoms with Crippen LogP contribution in [0, 0.1) is 0 Å². The van der Waals surface area contributed by atoms with Crippen molar-refractivity contribution >= 4 is 22.2 Å². The number of nitrogens with zero attached hydrogens (tertiary/aromatic N) is 5. The van der Waals surface area contributed by atoms with Crippen LogP contribution >= 0.6 is 11.3 Å². The number of methoxy groups -OCH3 is 2. The fourth-order valence-electron chi connectivity index (χ4n) is 4.89. The number of tetrazole rings is 1. The molecule has 1 atom stereocenters. The Morgan fingerprint density at radius 3 is 2.54 bits per heavy atom. The first-order valence-electron chi connectivity index (χ1n) is 12.9. The molecule has 0 unspecified atom stereocenters. The molecule has 3 heterocycles. The molecule has 0 spiro atoms. The average molecular weight is 545 g/mol. The van der Waals surface area contributed by atoms with Gasteiger partial charge in [0, 0.05) is 41.5 Å². The number of aromatic amines is 1. The molecule has 0 aliphatic carbocycles. The van der Waals surface area contributed by atoms with Crippen LogP contribution in [-0.4, -0.2) is 44.3 Å². The lowest BCUT2D eigenvalue weighted by molar-refractivity contribution is 0.162. The van der Waals surface area contributed by atoms with Crippen LogP contribution in [0.1, 0.15) is 41.2 Å². The Balaban J connectivity index is 1.47. The molecule has 5 aromatic rings. The van der Waals surface area contributed by atoms with Gasteiger partial charge in [0.2, 0.25) is 0 Å². The summed E-state index contributed by atoms with van der Waals surface area (Å²) in [5.74, 6) is 1.98. The standard InChI is InChI=1S/C29H32N6O3S/c1-4-25(28-31-32-33-35(28)13-12-20-9-6-5-7-10-20)34(19-23-11-8-14-39-23)18-22-15-21-16-26(37-2)27(38-3)17-24(21)30-29(22)36/h5-11,14-17,25H,4,12-13,18-19H2,1-3H3,(H,30,36)/t25-/m1/s1. The molecule has 202 valence electrons. The van der Waals surface area contributed by atoms with Crippen LogP contribution in [-0.2, 0) is 26.1 Å². The lowest BCUT2D eigenvalue weighted by atomic mass is 10.1. The Hall–Kier alpha value is -4.02. The van der Waals surface area contributed by atoms with Crippen molar-refractivity contribution < 1.29 is 9.47 Å². The second-order valence-electron chi connectivity index (χ2n) is 9.32. The zero-order chi connectivity index (χ0) is 27.2. The van der Waals surface area contributed by atoms with Crippen LogP contribution in [0.3, 0.4) is 0 Å². The molecule has 1 N–H and O–H groups in total. The van der Waals surface area contributed by atoms with Gasteiger partial charge in [0.25, 0.3) is 5.56 Å². The number of hydrogen-bond donors (Lipinski definition) is 1. The van der Waals surface area contributed by atoms with Crippen molar-refractivity contribution in [2.24, 2.45) is 0 Å².